The van der Waals surface area contributed by atoms with Gasteiger partial charge in [0.1, 0.15) is 5.75 Å². The van der Waals surface area contributed by atoms with Gasteiger partial charge < -0.3 is 15.2 Å². The normalized spacial score (nSPS) is 11.2. The van der Waals surface area contributed by atoms with E-state index in [0.29, 0.717) is 11.3 Å². The number of anilines is 1. The lowest BCUT2D eigenvalue weighted by molar-refractivity contribution is -0.137. The fourth-order valence-corrected chi connectivity index (χ4v) is 2.86. The van der Waals surface area contributed by atoms with Crippen LogP contribution in [-0.4, -0.2) is 23.2 Å². The monoisotopic (exact) mass is 402 g/mol. The van der Waals surface area contributed by atoms with Crippen LogP contribution in [0.15, 0.2) is 60.8 Å². The first-order valence-electron chi connectivity index (χ1n) is 8.56. The highest BCUT2D eigenvalue weighted by molar-refractivity contribution is 5.89. The number of hydrogen-bond acceptors (Lipinski definition) is 4. The molecule has 0 aliphatic rings. The van der Waals surface area contributed by atoms with Gasteiger partial charge in [0, 0.05) is 12.1 Å². The van der Waals surface area contributed by atoms with E-state index >= 15 is 0 Å². The summed E-state index contributed by atoms with van der Waals surface area (Å²) in [4.78, 5) is 15.3. The smallest absolute Gasteiger partial charge is 0.418 e. The van der Waals surface area contributed by atoms with Crippen molar-refractivity contribution in [3.05, 3.63) is 77.5 Å². The number of halogens is 3. The van der Waals surface area contributed by atoms with Crippen LogP contribution in [0.3, 0.4) is 0 Å². The van der Waals surface area contributed by atoms with Crippen LogP contribution < -0.4 is 10.1 Å². The van der Waals surface area contributed by atoms with Gasteiger partial charge in [-0.1, -0.05) is 30.3 Å². The van der Waals surface area contributed by atoms with Crippen molar-refractivity contribution < 1.29 is 27.8 Å². The third kappa shape index (κ3) is 4.66. The summed E-state index contributed by atoms with van der Waals surface area (Å²) >= 11 is 0. The van der Waals surface area contributed by atoms with Crippen LogP contribution in [0.5, 0.6) is 5.75 Å². The maximum atomic E-state index is 13.7. The number of aromatic carboxylic acids is 1. The zero-order chi connectivity index (χ0) is 21.0. The van der Waals surface area contributed by atoms with Crippen LogP contribution in [-0.2, 0) is 12.7 Å². The van der Waals surface area contributed by atoms with Crippen molar-refractivity contribution in [2.24, 2.45) is 0 Å². The number of pyridine rings is 1. The van der Waals surface area contributed by atoms with Gasteiger partial charge in [0.25, 0.3) is 0 Å². The second-order valence-corrected chi connectivity index (χ2v) is 6.17. The Hall–Kier alpha value is -3.55. The summed E-state index contributed by atoms with van der Waals surface area (Å²) < 4.78 is 46.0. The highest BCUT2D eigenvalue weighted by atomic mass is 19.4. The summed E-state index contributed by atoms with van der Waals surface area (Å²) in [5.74, 6) is -0.685. The van der Waals surface area contributed by atoms with E-state index in [4.69, 9.17) is 4.74 Å². The van der Waals surface area contributed by atoms with E-state index in [9.17, 15) is 23.1 Å². The van der Waals surface area contributed by atoms with Crippen LogP contribution in [0.25, 0.3) is 11.3 Å². The minimum atomic E-state index is -4.62. The van der Waals surface area contributed by atoms with Gasteiger partial charge in [-0.15, -0.1) is 0 Å². The number of hydrogen-bond donors (Lipinski definition) is 2. The molecule has 0 unspecified atom stereocenters. The van der Waals surface area contributed by atoms with Gasteiger partial charge in [0.2, 0.25) is 0 Å². The zero-order valence-electron chi connectivity index (χ0n) is 15.3. The topological polar surface area (TPSA) is 71.5 Å². The average Bonchev–Trinajstić information content (AvgIpc) is 2.71. The number of ether oxygens (including phenoxy) is 1. The van der Waals surface area contributed by atoms with Gasteiger partial charge in [0.15, 0.2) is 0 Å². The van der Waals surface area contributed by atoms with Gasteiger partial charge in [-0.25, -0.2) is 4.79 Å². The standard InChI is InChI=1S/C21H17F3N2O3/c1-29-16-7-4-6-13(9-16)19-18(21(22,23)24)10-15(12-26-19)25-11-14-5-2-3-8-17(14)20(27)28/h2-10,12,25H,11H2,1H3,(H,27,28). The Morgan fingerprint density at radius 2 is 1.90 bits per heavy atom. The minimum Gasteiger partial charge on any atom is -0.497 e. The lowest BCUT2D eigenvalue weighted by atomic mass is 10.0. The number of aromatic nitrogens is 1. The van der Waals surface area contributed by atoms with E-state index in [-0.39, 0.29) is 29.1 Å². The van der Waals surface area contributed by atoms with E-state index in [2.05, 4.69) is 10.3 Å². The molecule has 150 valence electrons. The van der Waals surface area contributed by atoms with E-state index in [1.54, 1.807) is 30.3 Å². The average molecular weight is 402 g/mol. The molecule has 3 aromatic rings. The molecule has 0 fully saturated rings. The number of methoxy groups -OCH3 is 1. The molecule has 29 heavy (non-hydrogen) atoms. The Morgan fingerprint density at radius 1 is 1.14 bits per heavy atom. The minimum absolute atomic E-state index is 0.0416. The van der Waals surface area contributed by atoms with Crippen molar-refractivity contribution in [2.75, 3.05) is 12.4 Å². The molecule has 8 heteroatoms. The summed E-state index contributed by atoms with van der Waals surface area (Å²) in [6.07, 6.45) is -3.34. The molecule has 3 rings (SSSR count). The molecule has 0 bridgehead atoms. The number of rotatable bonds is 6. The second kappa shape index (κ2) is 8.22. The zero-order valence-corrected chi connectivity index (χ0v) is 15.3. The lowest BCUT2D eigenvalue weighted by Gasteiger charge is -2.15. The van der Waals surface area contributed by atoms with Crippen molar-refractivity contribution in [3.63, 3.8) is 0 Å². The Balaban J connectivity index is 1.93. The van der Waals surface area contributed by atoms with Gasteiger partial charge in [0.05, 0.1) is 35.8 Å². The SMILES string of the molecule is COc1cccc(-c2ncc(NCc3ccccc3C(=O)O)cc2C(F)(F)F)c1. The number of carboxylic acids is 1. The first-order valence-corrected chi connectivity index (χ1v) is 8.56. The molecule has 0 aliphatic carbocycles. The van der Waals surface area contributed by atoms with E-state index < -0.39 is 17.7 Å². The lowest BCUT2D eigenvalue weighted by Crippen LogP contribution is -2.11. The summed E-state index contributed by atoms with van der Waals surface area (Å²) in [7, 11) is 1.43. The molecule has 0 saturated carbocycles. The van der Waals surface area contributed by atoms with Crippen LogP contribution in [0.4, 0.5) is 18.9 Å². The maximum Gasteiger partial charge on any atom is 0.418 e. The van der Waals surface area contributed by atoms with E-state index in [0.717, 1.165) is 6.07 Å². The molecule has 2 N–H and O–H groups in total. The first kappa shape index (κ1) is 20.2. The third-order valence-electron chi connectivity index (χ3n) is 4.27. The van der Waals surface area contributed by atoms with Gasteiger partial charge in [-0.05, 0) is 29.8 Å². The van der Waals surface area contributed by atoms with E-state index in [1.165, 1.54) is 31.5 Å². The van der Waals surface area contributed by atoms with Crippen molar-refractivity contribution in [3.8, 4) is 17.0 Å². The summed E-state index contributed by atoms with van der Waals surface area (Å²) in [5, 5.41) is 12.0. The Labute approximate surface area is 164 Å². The van der Waals surface area contributed by atoms with Crippen LogP contribution in [0.1, 0.15) is 21.5 Å². The van der Waals surface area contributed by atoms with Gasteiger partial charge in [-0.3, -0.25) is 4.98 Å². The Kier molecular flexibility index (Phi) is 5.72. The molecule has 0 saturated heterocycles. The quantitative estimate of drug-likeness (QED) is 0.601. The van der Waals surface area contributed by atoms with Gasteiger partial charge in [-0.2, -0.15) is 13.2 Å². The largest absolute Gasteiger partial charge is 0.497 e. The molecule has 1 heterocycles. The molecule has 0 spiro atoms. The van der Waals surface area contributed by atoms with Crippen LogP contribution in [0, 0.1) is 0 Å². The third-order valence-corrected chi connectivity index (χ3v) is 4.27. The molecule has 0 radical (unpaired) electrons. The number of carboxylic acid groups (broad SMARTS) is 1. The molecule has 5 nitrogen and oxygen atoms in total. The van der Waals surface area contributed by atoms with Crippen molar-refractivity contribution in [1.82, 2.24) is 4.98 Å². The molecule has 0 atom stereocenters. The molecule has 0 amide bonds. The highest BCUT2D eigenvalue weighted by Gasteiger charge is 2.35. The number of nitrogens with zero attached hydrogens (tertiary/aromatic N) is 1. The molecular formula is C21H17F3N2O3. The Morgan fingerprint density at radius 3 is 2.59 bits per heavy atom. The van der Waals surface area contributed by atoms with Crippen molar-refractivity contribution in [2.45, 2.75) is 12.7 Å². The molecule has 0 aliphatic heterocycles. The summed E-state index contributed by atoms with van der Waals surface area (Å²) in [5.41, 5.74) is -0.179. The number of nitrogens with one attached hydrogen (secondary N) is 1. The van der Waals surface area contributed by atoms with Crippen molar-refractivity contribution >= 4 is 11.7 Å². The number of carbonyl (C=O) groups is 1. The van der Waals surface area contributed by atoms with Crippen LogP contribution >= 0.6 is 0 Å². The highest BCUT2D eigenvalue weighted by Crippen LogP contribution is 2.38. The fourth-order valence-electron chi connectivity index (χ4n) is 2.86. The van der Waals surface area contributed by atoms with Crippen molar-refractivity contribution in [1.29, 1.82) is 0 Å². The summed E-state index contributed by atoms with van der Waals surface area (Å²) in [6, 6.07) is 13.5. The van der Waals surface area contributed by atoms with E-state index in [1.807, 2.05) is 0 Å². The summed E-state index contributed by atoms with van der Waals surface area (Å²) in [6.45, 7) is 0.0416. The number of benzene rings is 2. The van der Waals surface area contributed by atoms with Crippen LogP contribution in [0.2, 0.25) is 0 Å². The molecule has 2 aromatic carbocycles. The first-order chi connectivity index (χ1) is 13.8. The molecule has 1 aromatic heterocycles. The second-order valence-electron chi connectivity index (χ2n) is 6.17. The fraction of sp³-hybridized carbons (Fsp3) is 0.143. The maximum absolute atomic E-state index is 13.7. The molecular weight excluding hydrogens is 385 g/mol. The number of alkyl halides is 3. The Bertz CT molecular complexity index is 1040. The van der Waals surface area contributed by atoms with Gasteiger partial charge >= 0.3 is 12.1 Å². The predicted molar refractivity (Wildman–Crippen MR) is 102 cm³/mol. The predicted octanol–water partition coefficient (Wildman–Crippen LogP) is 5.09.